The fourth-order valence-corrected chi connectivity index (χ4v) is 1.97. The van der Waals surface area contributed by atoms with Gasteiger partial charge in [0, 0.05) is 5.38 Å². The van der Waals surface area contributed by atoms with E-state index in [1.54, 1.807) is 12.3 Å². The summed E-state index contributed by atoms with van der Waals surface area (Å²) in [6.45, 7) is 8.80. The number of hydrogen-bond donors (Lipinski definition) is 0. The minimum Gasteiger partial charge on any atom is -0.461 e. The first-order valence-electron chi connectivity index (χ1n) is 5.54. The van der Waals surface area contributed by atoms with E-state index in [0.717, 1.165) is 17.8 Å². The summed E-state index contributed by atoms with van der Waals surface area (Å²) in [4.78, 5) is 15.7. The van der Waals surface area contributed by atoms with Crippen molar-refractivity contribution in [3.63, 3.8) is 0 Å². The monoisotopic (exact) mass is 241 g/mol. The van der Waals surface area contributed by atoms with Crippen molar-refractivity contribution in [2.24, 2.45) is 5.41 Å². The van der Waals surface area contributed by atoms with Gasteiger partial charge in [0.1, 0.15) is 0 Å². The molecule has 1 rings (SSSR count). The molecule has 0 fully saturated rings. The van der Waals surface area contributed by atoms with Crippen LogP contribution >= 0.6 is 11.3 Å². The van der Waals surface area contributed by atoms with Gasteiger partial charge in [-0.05, 0) is 25.2 Å². The molecule has 90 valence electrons. The van der Waals surface area contributed by atoms with Crippen LogP contribution in [0, 0.1) is 5.41 Å². The fourth-order valence-electron chi connectivity index (χ4n) is 1.21. The second-order valence-corrected chi connectivity index (χ2v) is 5.85. The van der Waals surface area contributed by atoms with E-state index in [2.05, 4.69) is 25.8 Å². The van der Waals surface area contributed by atoms with E-state index < -0.39 is 0 Å². The number of esters is 1. The molecular formula is C12H19NO2S. The maximum absolute atomic E-state index is 11.4. The molecular weight excluding hydrogens is 222 g/mol. The first kappa shape index (κ1) is 13.2. The Labute approximate surface area is 101 Å². The molecule has 0 aliphatic rings. The zero-order chi connectivity index (χ0) is 12.2. The van der Waals surface area contributed by atoms with Crippen LogP contribution in [-0.4, -0.2) is 17.6 Å². The highest BCUT2D eigenvalue weighted by molar-refractivity contribution is 7.09. The standard InChI is InChI=1S/C12H19NO2S/c1-5-15-11(14)9-8-16-10(13-9)6-7-12(2,3)4/h8H,5-7H2,1-4H3. The number of hydrogen-bond acceptors (Lipinski definition) is 4. The molecule has 0 saturated carbocycles. The lowest BCUT2D eigenvalue weighted by Crippen LogP contribution is -2.07. The molecule has 4 heteroatoms. The van der Waals surface area contributed by atoms with Crippen LogP contribution in [0.15, 0.2) is 5.38 Å². The van der Waals surface area contributed by atoms with Gasteiger partial charge in [0.05, 0.1) is 11.6 Å². The number of nitrogens with zero attached hydrogens (tertiary/aromatic N) is 1. The van der Waals surface area contributed by atoms with Crippen molar-refractivity contribution < 1.29 is 9.53 Å². The van der Waals surface area contributed by atoms with Gasteiger partial charge >= 0.3 is 5.97 Å². The molecule has 1 aromatic rings. The van der Waals surface area contributed by atoms with Gasteiger partial charge in [-0.1, -0.05) is 20.8 Å². The maximum Gasteiger partial charge on any atom is 0.357 e. The Morgan fingerprint density at radius 3 is 2.75 bits per heavy atom. The van der Waals surface area contributed by atoms with Crippen molar-refractivity contribution in [1.82, 2.24) is 4.98 Å². The van der Waals surface area contributed by atoms with E-state index in [-0.39, 0.29) is 5.97 Å². The molecule has 0 aliphatic heterocycles. The molecule has 3 nitrogen and oxygen atoms in total. The van der Waals surface area contributed by atoms with Crippen molar-refractivity contribution in [1.29, 1.82) is 0 Å². The SMILES string of the molecule is CCOC(=O)c1csc(CCC(C)(C)C)n1. The van der Waals surface area contributed by atoms with Gasteiger partial charge in [-0.15, -0.1) is 11.3 Å². The lowest BCUT2D eigenvalue weighted by atomic mass is 9.91. The zero-order valence-corrected chi connectivity index (χ0v) is 11.2. The number of aryl methyl sites for hydroxylation is 1. The number of carbonyl (C=O) groups excluding carboxylic acids is 1. The van der Waals surface area contributed by atoms with Gasteiger partial charge < -0.3 is 4.74 Å². The average molecular weight is 241 g/mol. The third-order valence-electron chi connectivity index (χ3n) is 2.13. The normalized spacial score (nSPS) is 11.5. The van der Waals surface area contributed by atoms with Crippen LogP contribution in [0.1, 0.15) is 49.6 Å². The van der Waals surface area contributed by atoms with E-state index in [1.807, 2.05) is 0 Å². The summed E-state index contributed by atoms with van der Waals surface area (Å²) in [5.74, 6) is -0.319. The van der Waals surface area contributed by atoms with E-state index in [0.29, 0.717) is 17.7 Å². The molecule has 0 bridgehead atoms. The van der Waals surface area contributed by atoms with Crippen LogP contribution in [0.4, 0.5) is 0 Å². The van der Waals surface area contributed by atoms with Gasteiger partial charge in [-0.2, -0.15) is 0 Å². The summed E-state index contributed by atoms with van der Waals surface area (Å²) >= 11 is 1.53. The predicted molar refractivity (Wildman–Crippen MR) is 65.8 cm³/mol. The maximum atomic E-state index is 11.4. The molecule has 0 unspecified atom stereocenters. The van der Waals surface area contributed by atoms with Crippen molar-refractivity contribution in [2.45, 2.75) is 40.5 Å². The highest BCUT2D eigenvalue weighted by Crippen LogP contribution is 2.23. The fraction of sp³-hybridized carbons (Fsp3) is 0.667. The van der Waals surface area contributed by atoms with Crippen LogP contribution in [-0.2, 0) is 11.2 Å². The lowest BCUT2D eigenvalue weighted by Gasteiger charge is -2.16. The summed E-state index contributed by atoms with van der Waals surface area (Å²) < 4.78 is 4.89. The zero-order valence-electron chi connectivity index (χ0n) is 10.4. The number of carbonyl (C=O) groups is 1. The molecule has 0 atom stereocenters. The Bertz CT molecular complexity index is 352. The molecule has 16 heavy (non-hydrogen) atoms. The molecule has 0 aromatic carbocycles. The summed E-state index contributed by atoms with van der Waals surface area (Å²) in [6, 6.07) is 0. The summed E-state index contributed by atoms with van der Waals surface area (Å²) in [7, 11) is 0. The lowest BCUT2D eigenvalue weighted by molar-refractivity contribution is 0.0520. The Kier molecular flexibility index (Phi) is 4.47. The van der Waals surface area contributed by atoms with E-state index in [4.69, 9.17) is 4.74 Å². The Morgan fingerprint density at radius 1 is 1.50 bits per heavy atom. The van der Waals surface area contributed by atoms with Crippen molar-refractivity contribution >= 4 is 17.3 Å². The van der Waals surface area contributed by atoms with E-state index >= 15 is 0 Å². The topological polar surface area (TPSA) is 39.2 Å². The van der Waals surface area contributed by atoms with Crippen molar-refractivity contribution in [3.05, 3.63) is 16.1 Å². The number of rotatable bonds is 4. The van der Waals surface area contributed by atoms with Gasteiger partial charge in [0.2, 0.25) is 0 Å². The second-order valence-electron chi connectivity index (χ2n) is 4.91. The smallest absolute Gasteiger partial charge is 0.357 e. The third kappa shape index (κ3) is 4.31. The summed E-state index contributed by atoms with van der Waals surface area (Å²) in [6.07, 6.45) is 2.00. The van der Waals surface area contributed by atoms with Gasteiger partial charge in [-0.25, -0.2) is 9.78 Å². The molecule has 0 amide bonds. The molecule has 0 spiro atoms. The Hall–Kier alpha value is -0.900. The number of aromatic nitrogens is 1. The predicted octanol–water partition coefficient (Wildman–Crippen LogP) is 3.30. The van der Waals surface area contributed by atoms with Gasteiger partial charge in [0.15, 0.2) is 5.69 Å². The quantitative estimate of drug-likeness (QED) is 0.759. The molecule has 1 aromatic heterocycles. The van der Waals surface area contributed by atoms with Crippen molar-refractivity contribution in [2.75, 3.05) is 6.61 Å². The minimum absolute atomic E-state index is 0.301. The summed E-state index contributed by atoms with van der Waals surface area (Å²) in [5.41, 5.74) is 0.742. The van der Waals surface area contributed by atoms with Crippen LogP contribution in [0.2, 0.25) is 0 Å². The molecule has 0 N–H and O–H groups in total. The number of thiazole rings is 1. The molecule has 0 saturated heterocycles. The summed E-state index contributed by atoms with van der Waals surface area (Å²) in [5, 5.41) is 2.79. The minimum atomic E-state index is -0.319. The molecule has 0 aliphatic carbocycles. The second kappa shape index (κ2) is 5.43. The van der Waals surface area contributed by atoms with Gasteiger partial charge in [-0.3, -0.25) is 0 Å². The van der Waals surface area contributed by atoms with Gasteiger partial charge in [0.25, 0.3) is 0 Å². The largest absolute Gasteiger partial charge is 0.461 e. The molecule has 0 radical (unpaired) electrons. The van der Waals surface area contributed by atoms with Crippen LogP contribution in [0.3, 0.4) is 0 Å². The van der Waals surface area contributed by atoms with Crippen LogP contribution in [0.25, 0.3) is 0 Å². The Morgan fingerprint density at radius 2 is 2.19 bits per heavy atom. The van der Waals surface area contributed by atoms with Crippen LogP contribution in [0.5, 0.6) is 0 Å². The first-order chi connectivity index (χ1) is 7.42. The van der Waals surface area contributed by atoms with E-state index in [9.17, 15) is 4.79 Å². The van der Waals surface area contributed by atoms with Crippen LogP contribution < -0.4 is 0 Å². The number of ether oxygens (including phenoxy) is 1. The first-order valence-corrected chi connectivity index (χ1v) is 6.42. The Balaban J connectivity index is 2.55. The molecule has 1 heterocycles. The van der Waals surface area contributed by atoms with Crippen molar-refractivity contribution in [3.8, 4) is 0 Å². The average Bonchev–Trinajstić information content (AvgIpc) is 2.62. The third-order valence-corrected chi connectivity index (χ3v) is 3.03. The highest BCUT2D eigenvalue weighted by Gasteiger charge is 2.14. The highest BCUT2D eigenvalue weighted by atomic mass is 32.1. The van der Waals surface area contributed by atoms with E-state index in [1.165, 1.54) is 11.3 Å².